The van der Waals surface area contributed by atoms with E-state index in [2.05, 4.69) is 0 Å². The highest BCUT2D eigenvalue weighted by atomic mass is 16.3. The van der Waals surface area contributed by atoms with Crippen molar-refractivity contribution >= 4 is 5.78 Å². The number of hydrogen-bond acceptors (Lipinski definition) is 2. The van der Waals surface area contributed by atoms with Crippen molar-refractivity contribution < 1.29 is 9.90 Å². The normalized spacial score (nSPS) is 10.1. The van der Waals surface area contributed by atoms with Crippen LogP contribution < -0.4 is 0 Å². The van der Waals surface area contributed by atoms with Crippen LogP contribution in [0.3, 0.4) is 0 Å². The van der Waals surface area contributed by atoms with Crippen LogP contribution in [0.2, 0.25) is 0 Å². The summed E-state index contributed by atoms with van der Waals surface area (Å²) in [6.07, 6.45) is 1.54. The first-order chi connectivity index (χ1) is 6.74. The third kappa shape index (κ3) is 3.30. The van der Waals surface area contributed by atoms with Crippen molar-refractivity contribution in [1.29, 1.82) is 0 Å². The topological polar surface area (TPSA) is 37.3 Å². The lowest BCUT2D eigenvalue weighted by Crippen LogP contribution is -2.04. The molecule has 2 nitrogen and oxygen atoms in total. The summed E-state index contributed by atoms with van der Waals surface area (Å²) in [6.45, 7) is 2.11. The number of aryl methyl sites for hydroxylation is 1. The summed E-state index contributed by atoms with van der Waals surface area (Å²) in [5, 5.41) is 8.58. The molecule has 2 heteroatoms. The average Bonchev–Trinajstić information content (AvgIpc) is 2.18. The van der Waals surface area contributed by atoms with Gasteiger partial charge in [-0.15, -0.1) is 0 Å². The second-order valence-electron chi connectivity index (χ2n) is 3.47. The quantitative estimate of drug-likeness (QED) is 0.773. The minimum Gasteiger partial charge on any atom is -0.396 e. The van der Waals surface area contributed by atoms with E-state index in [1.807, 2.05) is 31.2 Å². The van der Waals surface area contributed by atoms with Crippen LogP contribution in [-0.4, -0.2) is 17.5 Å². The van der Waals surface area contributed by atoms with E-state index in [0.29, 0.717) is 19.3 Å². The molecule has 0 bridgehead atoms. The van der Waals surface area contributed by atoms with Crippen molar-refractivity contribution in [2.24, 2.45) is 0 Å². The number of carbonyl (C=O) groups is 1. The fraction of sp³-hybridized carbons (Fsp3) is 0.417. The van der Waals surface area contributed by atoms with Gasteiger partial charge in [0.15, 0.2) is 0 Å². The third-order valence-corrected chi connectivity index (χ3v) is 2.26. The van der Waals surface area contributed by atoms with Gasteiger partial charge in [0, 0.05) is 19.4 Å². The van der Waals surface area contributed by atoms with Gasteiger partial charge >= 0.3 is 0 Å². The molecule has 1 aromatic rings. The van der Waals surface area contributed by atoms with Gasteiger partial charge in [-0.2, -0.15) is 0 Å². The molecule has 0 saturated carbocycles. The van der Waals surface area contributed by atoms with E-state index in [1.165, 1.54) is 0 Å². The van der Waals surface area contributed by atoms with E-state index >= 15 is 0 Å². The minimum absolute atomic E-state index is 0.0967. The van der Waals surface area contributed by atoms with E-state index in [9.17, 15) is 4.79 Å². The highest BCUT2D eigenvalue weighted by molar-refractivity contribution is 5.81. The zero-order valence-electron chi connectivity index (χ0n) is 8.49. The molecule has 0 aliphatic rings. The van der Waals surface area contributed by atoms with Crippen molar-refractivity contribution in [3.05, 3.63) is 35.4 Å². The fourth-order valence-electron chi connectivity index (χ4n) is 1.39. The number of carbonyl (C=O) groups excluding carboxylic acids is 1. The van der Waals surface area contributed by atoms with E-state index < -0.39 is 0 Å². The molecule has 0 unspecified atom stereocenters. The number of Topliss-reactive ketones (excluding diaryl/α,β-unsaturated/α-hetero) is 1. The standard InChI is InChI=1S/C12H16O2/c1-10-5-2-3-6-11(10)9-12(14)7-4-8-13/h2-3,5-6,13H,4,7-9H2,1H3. The van der Waals surface area contributed by atoms with E-state index in [4.69, 9.17) is 5.11 Å². The largest absolute Gasteiger partial charge is 0.396 e. The molecule has 0 amide bonds. The SMILES string of the molecule is Cc1ccccc1CC(=O)CCCO. The molecule has 0 fully saturated rings. The Morgan fingerprint density at radius 1 is 1.36 bits per heavy atom. The summed E-state index contributed by atoms with van der Waals surface area (Å²) in [6, 6.07) is 7.90. The van der Waals surface area contributed by atoms with Crippen LogP contribution in [0, 0.1) is 6.92 Å². The fourth-order valence-corrected chi connectivity index (χ4v) is 1.39. The molecule has 0 aliphatic carbocycles. The summed E-state index contributed by atoms with van der Waals surface area (Å²) in [4.78, 5) is 11.4. The first-order valence-electron chi connectivity index (χ1n) is 4.91. The van der Waals surface area contributed by atoms with Gasteiger partial charge in [-0.3, -0.25) is 4.79 Å². The van der Waals surface area contributed by atoms with Crippen LogP contribution in [0.5, 0.6) is 0 Å². The monoisotopic (exact) mass is 192 g/mol. The van der Waals surface area contributed by atoms with E-state index in [0.717, 1.165) is 11.1 Å². The molecular weight excluding hydrogens is 176 g/mol. The lowest BCUT2D eigenvalue weighted by molar-refractivity contribution is -0.118. The van der Waals surface area contributed by atoms with Crippen molar-refractivity contribution in [3.8, 4) is 0 Å². The van der Waals surface area contributed by atoms with Gasteiger partial charge in [0.05, 0.1) is 0 Å². The molecule has 1 N–H and O–H groups in total. The van der Waals surface area contributed by atoms with Crippen LogP contribution in [0.25, 0.3) is 0 Å². The predicted molar refractivity (Wildman–Crippen MR) is 56.2 cm³/mol. The average molecular weight is 192 g/mol. The van der Waals surface area contributed by atoms with Gasteiger partial charge in [-0.25, -0.2) is 0 Å². The first kappa shape index (κ1) is 10.9. The Morgan fingerprint density at radius 2 is 2.07 bits per heavy atom. The Kier molecular flexibility index (Phi) is 4.33. The molecule has 1 rings (SSSR count). The Hall–Kier alpha value is -1.15. The van der Waals surface area contributed by atoms with E-state index in [-0.39, 0.29) is 12.4 Å². The van der Waals surface area contributed by atoms with Crippen LogP contribution in [-0.2, 0) is 11.2 Å². The molecule has 0 aliphatic heterocycles. The maximum atomic E-state index is 11.4. The smallest absolute Gasteiger partial charge is 0.137 e. The van der Waals surface area contributed by atoms with Crippen LogP contribution in [0.4, 0.5) is 0 Å². The second-order valence-corrected chi connectivity index (χ2v) is 3.47. The van der Waals surface area contributed by atoms with Crippen LogP contribution in [0.15, 0.2) is 24.3 Å². The Balaban J connectivity index is 2.52. The van der Waals surface area contributed by atoms with E-state index in [1.54, 1.807) is 0 Å². The third-order valence-electron chi connectivity index (χ3n) is 2.26. The molecule has 0 heterocycles. The van der Waals surface area contributed by atoms with Crippen molar-refractivity contribution in [1.82, 2.24) is 0 Å². The Morgan fingerprint density at radius 3 is 2.71 bits per heavy atom. The summed E-state index contributed by atoms with van der Waals surface area (Å²) in [5.74, 6) is 0.202. The number of ketones is 1. The maximum Gasteiger partial charge on any atom is 0.137 e. The van der Waals surface area contributed by atoms with Crippen molar-refractivity contribution in [3.63, 3.8) is 0 Å². The molecule has 76 valence electrons. The van der Waals surface area contributed by atoms with Gasteiger partial charge in [-0.05, 0) is 24.5 Å². The zero-order chi connectivity index (χ0) is 10.4. The molecule has 14 heavy (non-hydrogen) atoms. The highest BCUT2D eigenvalue weighted by Gasteiger charge is 2.04. The Bertz CT molecular complexity index is 305. The maximum absolute atomic E-state index is 11.4. The summed E-state index contributed by atoms with van der Waals surface area (Å²) in [7, 11) is 0. The van der Waals surface area contributed by atoms with Gasteiger partial charge in [-0.1, -0.05) is 24.3 Å². The number of aliphatic hydroxyl groups excluding tert-OH is 1. The zero-order valence-corrected chi connectivity index (χ0v) is 8.49. The van der Waals surface area contributed by atoms with Crippen molar-refractivity contribution in [2.45, 2.75) is 26.2 Å². The number of hydrogen-bond donors (Lipinski definition) is 1. The number of rotatable bonds is 5. The first-order valence-corrected chi connectivity index (χ1v) is 4.91. The summed E-state index contributed by atoms with van der Waals surface area (Å²) >= 11 is 0. The van der Waals surface area contributed by atoms with Crippen LogP contribution >= 0.6 is 0 Å². The van der Waals surface area contributed by atoms with Gasteiger partial charge in [0.25, 0.3) is 0 Å². The molecule has 1 aromatic carbocycles. The molecule has 0 spiro atoms. The molecule has 0 aromatic heterocycles. The van der Waals surface area contributed by atoms with Gasteiger partial charge in [0.2, 0.25) is 0 Å². The second kappa shape index (κ2) is 5.55. The molecule has 0 atom stereocenters. The summed E-state index contributed by atoms with van der Waals surface area (Å²) in [5.41, 5.74) is 2.25. The summed E-state index contributed by atoms with van der Waals surface area (Å²) < 4.78 is 0. The minimum atomic E-state index is 0.0967. The predicted octanol–water partition coefficient (Wildman–Crippen LogP) is 1.88. The highest BCUT2D eigenvalue weighted by Crippen LogP contribution is 2.09. The molecular formula is C12H16O2. The number of benzene rings is 1. The lowest BCUT2D eigenvalue weighted by atomic mass is 10.0. The van der Waals surface area contributed by atoms with Gasteiger partial charge in [0.1, 0.15) is 5.78 Å². The van der Waals surface area contributed by atoms with Gasteiger partial charge < -0.3 is 5.11 Å². The van der Waals surface area contributed by atoms with Crippen LogP contribution in [0.1, 0.15) is 24.0 Å². The molecule has 0 saturated heterocycles. The number of aliphatic hydroxyl groups is 1. The lowest BCUT2D eigenvalue weighted by Gasteiger charge is -2.03. The Labute approximate surface area is 84.6 Å². The molecule has 0 radical (unpaired) electrons. The van der Waals surface area contributed by atoms with Crippen molar-refractivity contribution in [2.75, 3.05) is 6.61 Å².